The van der Waals surface area contributed by atoms with Crippen LogP contribution in [0, 0.1) is 6.92 Å². The summed E-state index contributed by atoms with van der Waals surface area (Å²) in [6.45, 7) is 2.98. The average Bonchev–Trinajstić information content (AvgIpc) is 3.10. The van der Waals surface area contributed by atoms with Crippen molar-refractivity contribution < 1.29 is 18.0 Å². The Morgan fingerprint density at radius 2 is 1.93 bits per heavy atom. The number of sulfonamides is 1. The van der Waals surface area contributed by atoms with Crippen molar-refractivity contribution in [3.8, 4) is 0 Å². The third-order valence-electron chi connectivity index (χ3n) is 5.67. The summed E-state index contributed by atoms with van der Waals surface area (Å²) in [6.07, 6.45) is 4.93. The van der Waals surface area contributed by atoms with E-state index in [-0.39, 0.29) is 25.0 Å². The van der Waals surface area contributed by atoms with Crippen molar-refractivity contribution in [1.82, 2.24) is 9.62 Å². The highest BCUT2D eigenvalue weighted by Gasteiger charge is 2.51. The fourth-order valence-electron chi connectivity index (χ4n) is 4.02. The van der Waals surface area contributed by atoms with Crippen LogP contribution in [0.25, 0.3) is 0 Å². The molecule has 1 aromatic carbocycles. The van der Waals surface area contributed by atoms with Crippen molar-refractivity contribution in [2.24, 2.45) is 0 Å². The van der Waals surface area contributed by atoms with Gasteiger partial charge in [-0.25, -0.2) is 8.42 Å². The molecule has 1 aromatic rings. The molecule has 1 heterocycles. The molecular formula is C19H26ClN3O4S. The number of benzene rings is 1. The van der Waals surface area contributed by atoms with Gasteiger partial charge in [0, 0.05) is 23.3 Å². The Balaban J connectivity index is 2.05. The van der Waals surface area contributed by atoms with Crippen molar-refractivity contribution >= 4 is 39.1 Å². The quantitative estimate of drug-likeness (QED) is 0.796. The summed E-state index contributed by atoms with van der Waals surface area (Å²) in [5, 5.41) is 3.51. The summed E-state index contributed by atoms with van der Waals surface area (Å²) in [5.74, 6) is -0.799. The van der Waals surface area contributed by atoms with Gasteiger partial charge >= 0.3 is 0 Å². The second-order valence-electron chi connectivity index (χ2n) is 7.87. The van der Waals surface area contributed by atoms with Crippen LogP contribution in [-0.2, 0) is 19.6 Å². The number of anilines is 1. The van der Waals surface area contributed by atoms with Gasteiger partial charge in [0.25, 0.3) is 0 Å². The Hall–Kier alpha value is -1.64. The molecule has 9 heteroatoms. The second-order valence-corrected chi connectivity index (χ2v) is 10.3. The van der Waals surface area contributed by atoms with Crippen molar-refractivity contribution in [3.63, 3.8) is 0 Å². The maximum Gasteiger partial charge on any atom is 0.247 e. The van der Waals surface area contributed by atoms with E-state index in [1.807, 2.05) is 0 Å². The molecule has 28 heavy (non-hydrogen) atoms. The lowest BCUT2D eigenvalue weighted by atomic mass is 9.93. The maximum absolute atomic E-state index is 13.3. The second kappa shape index (κ2) is 7.65. The van der Waals surface area contributed by atoms with Gasteiger partial charge in [0.2, 0.25) is 21.8 Å². The molecule has 1 atom stereocenters. The molecule has 1 saturated carbocycles. The van der Waals surface area contributed by atoms with Crippen LogP contribution >= 0.6 is 11.6 Å². The molecule has 0 unspecified atom stereocenters. The van der Waals surface area contributed by atoms with Gasteiger partial charge in [0.05, 0.1) is 12.8 Å². The molecule has 0 aromatic heterocycles. The van der Waals surface area contributed by atoms with Crippen LogP contribution in [0.2, 0.25) is 5.02 Å². The highest BCUT2D eigenvalue weighted by Crippen LogP contribution is 2.35. The predicted octanol–water partition coefficient (Wildman–Crippen LogP) is 2.07. The number of rotatable bonds is 4. The standard InChI is InChI=1S/C19H26ClN3O4S/c1-13-15(20)9-6-10-16(13)23-17(24)11-22(28(3,26)27)12-19(23,2)18(25)21-14-7-4-5-8-14/h6,9-10,14H,4-5,7-8,11-12H2,1-3H3,(H,21,25)/t19-/m0/s1. The Kier molecular flexibility index (Phi) is 5.76. The molecule has 1 aliphatic heterocycles. The Labute approximate surface area is 171 Å². The number of carbonyl (C=O) groups excluding carboxylic acids is 2. The average molecular weight is 428 g/mol. The molecule has 3 rings (SSSR count). The van der Waals surface area contributed by atoms with E-state index in [4.69, 9.17) is 11.6 Å². The topological polar surface area (TPSA) is 86.8 Å². The van der Waals surface area contributed by atoms with Gasteiger partial charge in [-0.2, -0.15) is 4.31 Å². The summed E-state index contributed by atoms with van der Waals surface area (Å²) in [7, 11) is -3.63. The summed E-state index contributed by atoms with van der Waals surface area (Å²) in [4.78, 5) is 27.8. The van der Waals surface area contributed by atoms with Crippen LogP contribution < -0.4 is 10.2 Å². The number of nitrogens with one attached hydrogen (secondary N) is 1. The number of hydrogen-bond donors (Lipinski definition) is 1. The lowest BCUT2D eigenvalue weighted by Crippen LogP contribution is -2.70. The van der Waals surface area contributed by atoms with Crippen LogP contribution in [0.4, 0.5) is 5.69 Å². The first-order valence-corrected chi connectivity index (χ1v) is 11.6. The predicted molar refractivity (Wildman–Crippen MR) is 109 cm³/mol. The van der Waals surface area contributed by atoms with E-state index in [2.05, 4.69) is 5.32 Å². The Morgan fingerprint density at radius 3 is 2.54 bits per heavy atom. The minimum Gasteiger partial charge on any atom is -0.351 e. The Morgan fingerprint density at radius 1 is 1.29 bits per heavy atom. The minimum absolute atomic E-state index is 0.0512. The van der Waals surface area contributed by atoms with Crippen LogP contribution in [0.1, 0.15) is 38.2 Å². The van der Waals surface area contributed by atoms with E-state index in [1.165, 1.54) is 4.90 Å². The highest BCUT2D eigenvalue weighted by atomic mass is 35.5. The molecule has 2 fully saturated rings. The van der Waals surface area contributed by atoms with E-state index < -0.39 is 21.5 Å². The number of halogens is 1. The van der Waals surface area contributed by atoms with Gasteiger partial charge in [0.15, 0.2) is 0 Å². The van der Waals surface area contributed by atoms with Gasteiger partial charge in [-0.3, -0.25) is 14.5 Å². The summed E-state index contributed by atoms with van der Waals surface area (Å²) < 4.78 is 25.4. The van der Waals surface area contributed by atoms with Crippen molar-refractivity contribution in [2.45, 2.75) is 51.1 Å². The molecule has 1 aliphatic carbocycles. The van der Waals surface area contributed by atoms with Gasteiger partial charge in [-0.05, 0) is 44.4 Å². The fourth-order valence-corrected chi connectivity index (χ4v) is 5.02. The fraction of sp³-hybridized carbons (Fsp3) is 0.579. The lowest BCUT2D eigenvalue weighted by Gasteiger charge is -2.47. The summed E-state index contributed by atoms with van der Waals surface area (Å²) in [5.41, 5.74) is -0.184. The largest absolute Gasteiger partial charge is 0.351 e. The van der Waals surface area contributed by atoms with Crippen LogP contribution in [0.5, 0.6) is 0 Å². The first kappa shape index (κ1) is 21.1. The Bertz CT molecular complexity index is 898. The zero-order chi connectivity index (χ0) is 20.7. The molecule has 1 N–H and O–H groups in total. The summed E-state index contributed by atoms with van der Waals surface area (Å²) in [6, 6.07) is 5.22. The van der Waals surface area contributed by atoms with E-state index in [0.717, 1.165) is 36.2 Å². The van der Waals surface area contributed by atoms with E-state index in [9.17, 15) is 18.0 Å². The van der Waals surface area contributed by atoms with E-state index >= 15 is 0 Å². The smallest absolute Gasteiger partial charge is 0.247 e. The number of hydrogen-bond acceptors (Lipinski definition) is 4. The molecule has 1 saturated heterocycles. The molecule has 0 radical (unpaired) electrons. The van der Waals surface area contributed by atoms with Gasteiger partial charge in [-0.1, -0.05) is 30.5 Å². The molecule has 0 spiro atoms. The van der Waals surface area contributed by atoms with Gasteiger partial charge in [-0.15, -0.1) is 0 Å². The van der Waals surface area contributed by atoms with Gasteiger partial charge in [0.1, 0.15) is 5.54 Å². The first-order chi connectivity index (χ1) is 13.0. The highest BCUT2D eigenvalue weighted by molar-refractivity contribution is 7.88. The molecule has 2 amide bonds. The number of carbonyl (C=O) groups is 2. The normalized spacial score (nSPS) is 24.6. The third kappa shape index (κ3) is 3.90. The first-order valence-electron chi connectivity index (χ1n) is 9.38. The maximum atomic E-state index is 13.3. The minimum atomic E-state index is -3.63. The number of nitrogens with zero attached hydrogens (tertiary/aromatic N) is 2. The monoisotopic (exact) mass is 427 g/mol. The third-order valence-corrected chi connectivity index (χ3v) is 7.27. The number of amides is 2. The molecular weight excluding hydrogens is 402 g/mol. The summed E-state index contributed by atoms with van der Waals surface area (Å²) >= 11 is 6.25. The van der Waals surface area contributed by atoms with Crippen LogP contribution in [0.15, 0.2) is 18.2 Å². The van der Waals surface area contributed by atoms with Crippen LogP contribution in [0.3, 0.4) is 0 Å². The number of piperazine rings is 1. The van der Waals surface area contributed by atoms with E-state index in [1.54, 1.807) is 32.0 Å². The van der Waals surface area contributed by atoms with E-state index in [0.29, 0.717) is 16.3 Å². The zero-order valence-corrected chi connectivity index (χ0v) is 17.9. The zero-order valence-electron chi connectivity index (χ0n) is 16.4. The van der Waals surface area contributed by atoms with Crippen molar-refractivity contribution in [2.75, 3.05) is 24.2 Å². The molecule has 154 valence electrons. The molecule has 0 bridgehead atoms. The molecule has 2 aliphatic rings. The lowest BCUT2D eigenvalue weighted by molar-refractivity contribution is -0.133. The van der Waals surface area contributed by atoms with Crippen molar-refractivity contribution in [3.05, 3.63) is 28.8 Å². The van der Waals surface area contributed by atoms with Crippen molar-refractivity contribution in [1.29, 1.82) is 0 Å². The van der Waals surface area contributed by atoms with Crippen LogP contribution in [-0.4, -0.2) is 55.5 Å². The van der Waals surface area contributed by atoms with Gasteiger partial charge < -0.3 is 5.32 Å². The molecule has 7 nitrogen and oxygen atoms in total. The SMILES string of the molecule is Cc1c(Cl)cccc1N1C(=O)CN(S(C)(=O)=O)C[C@@]1(C)C(=O)NC1CCCC1.